The summed E-state index contributed by atoms with van der Waals surface area (Å²) in [5, 5.41) is 8.88. The summed E-state index contributed by atoms with van der Waals surface area (Å²) in [5.41, 5.74) is 4.11. The first-order chi connectivity index (χ1) is 15.5. The van der Waals surface area contributed by atoms with Crippen LogP contribution >= 0.6 is 11.6 Å². The third kappa shape index (κ3) is 3.89. The van der Waals surface area contributed by atoms with E-state index >= 15 is 0 Å². The van der Waals surface area contributed by atoms with E-state index in [1.807, 2.05) is 19.1 Å². The number of nitrogens with one attached hydrogen (secondary N) is 1. The molecule has 1 aliphatic rings. The molecule has 6 nitrogen and oxygen atoms in total. The van der Waals surface area contributed by atoms with E-state index in [2.05, 4.69) is 15.4 Å². The van der Waals surface area contributed by atoms with E-state index in [1.54, 1.807) is 53.3 Å². The van der Waals surface area contributed by atoms with Crippen molar-refractivity contribution in [2.45, 2.75) is 32.2 Å². The number of pyridine rings is 1. The highest BCUT2D eigenvalue weighted by Crippen LogP contribution is 2.43. The molecule has 7 heteroatoms. The fourth-order valence-corrected chi connectivity index (χ4v) is 4.21. The van der Waals surface area contributed by atoms with Crippen molar-refractivity contribution in [3.05, 3.63) is 88.2 Å². The topological polar surface area (TPSA) is 76.9 Å². The van der Waals surface area contributed by atoms with E-state index in [1.165, 1.54) is 18.4 Å². The maximum atomic E-state index is 13.0. The Kier molecular flexibility index (Phi) is 5.23. The largest absolute Gasteiger partial charge is 0.324 e. The molecule has 4 aromatic rings. The summed E-state index contributed by atoms with van der Waals surface area (Å²) in [4.78, 5) is 30.4. The molecule has 1 fully saturated rings. The molecule has 0 atom stereocenters. The molecule has 2 aromatic heterocycles. The van der Waals surface area contributed by atoms with Crippen molar-refractivity contribution in [1.82, 2.24) is 14.8 Å². The quantitative estimate of drug-likeness (QED) is 0.418. The van der Waals surface area contributed by atoms with Crippen LogP contribution in [-0.4, -0.2) is 26.5 Å². The van der Waals surface area contributed by atoms with E-state index in [-0.39, 0.29) is 18.2 Å². The Labute approximate surface area is 190 Å². The van der Waals surface area contributed by atoms with Crippen LogP contribution in [0, 0.1) is 6.92 Å². The van der Waals surface area contributed by atoms with Gasteiger partial charge >= 0.3 is 0 Å². The number of halogens is 1. The number of amides is 1. The summed E-state index contributed by atoms with van der Waals surface area (Å²) in [6.07, 6.45) is 4.14. The Morgan fingerprint density at radius 2 is 1.91 bits per heavy atom. The van der Waals surface area contributed by atoms with Crippen LogP contribution in [0.5, 0.6) is 0 Å². The molecule has 0 bridgehead atoms. The monoisotopic (exact) mass is 444 g/mol. The van der Waals surface area contributed by atoms with Crippen LogP contribution in [0.15, 0.2) is 60.8 Å². The van der Waals surface area contributed by atoms with Gasteiger partial charge in [-0.1, -0.05) is 41.9 Å². The number of ketones is 1. The molecule has 2 heterocycles. The zero-order chi connectivity index (χ0) is 22.2. The molecule has 0 spiro atoms. The first-order valence-electron chi connectivity index (χ1n) is 10.5. The molecular formula is C25H21ClN4O2. The summed E-state index contributed by atoms with van der Waals surface area (Å²) in [5.74, 6) is 0.0586. The van der Waals surface area contributed by atoms with Gasteiger partial charge < -0.3 is 5.32 Å². The number of hydrogen-bond donors (Lipinski definition) is 1. The van der Waals surface area contributed by atoms with E-state index in [0.29, 0.717) is 33.4 Å². The van der Waals surface area contributed by atoms with Crippen molar-refractivity contribution in [3.8, 4) is 0 Å². The molecule has 160 valence electrons. The lowest BCUT2D eigenvalue weighted by atomic mass is 10.0. The van der Waals surface area contributed by atoms with Crippen LogP contribution in [-0.2, 0) is 11.3 Å². The predicted molar refractivity (Wildman–Crippen MR) is 124 cm³/mol. The van der Waals surface area contributed by atoms with Gasteiger partial charge in [-0.3, -0.25) is 9.59 Å². The Bertz CT molecular complexity index is 1340. The van der Waals surface area contributed by atoms with Crippen molar-refractivity contribution >= 4 is 40.0 Å². The van der Waals surface area contributed by atoms with Crippen LogP contribution in [0.4, 0.5) is 5.69 Å². The first-order valence-corrected chi connectivity index (χ1v) is 10.9. The van der Waals surface area contributed by atoms with Gasteiger partial charge in [-0.25, -0.2) is 9.67 Å². The van der Waals surface area contributed by atoms with Crippen LogP contribution in [0.1, 0.15) is 45.9 Å². The Balaban J connectivity index is 1.42. The summed E-state index contributed by atoms with van der Waals surface area (Å²) in [6, 6.07) is 15.8. The van der Waals surface area contributed by atoms with E-state index < -0.39 is 0 Å². The smallest absolute Gasteiger partial charge is 0.246 e. The number of carbonyl (C=O) groups excluding carboxylic acids is 2. The number of aromatic nitrogens is 3. The van der Waals surface area contributed by atoms with Gasteiger partial charge in [0.15, 0.2) is 11.4 Å². The molecule has 1 aliphatic carbocycles. The van der Waals surface area contributed by atoms with Gasteiger partial charge in [0.25, 0.3) is 0 Å². The minimum absolute atomic E-state index is 0.00689. The number of fused-ring (bicyclic) bond motifs is 1. The van der Waals surface area contributed by atoms with Gasteiger partial charge in [0.1, 0.15) is 6.54 Å². The van der Waals surface area contributed by atoms with Crippen molar-refractivity contribution in [2.24, 2.45) is 0 Å². The number of aryl methyl sites for hydroxylation is 1. The number of nitrogens with zero attached hydrogens (tertiary/aromatic N) is 3. The lowest BCUT2D eigenvalue weighted by Crippen LogP contribution is -2.21. The minimum atomic E-state index is -0.294. The van der Waals surface area contributed by atoms with Gasteiger partial charge in [0.05, 0.1) is 11.4 Å². The lowest BCUT2D eigenvalue weighted by molar-refractivity contribution is -0.116. The van der Waals surface area contributed by atoms with E-state index in [4.69, 9.17) is 11.6 Å². The number of carbonyl (C=O) groups is 2. The molecular weight excluding hydrogens is 424 g/mol. The highest BCUT2D eigenvalue weighted by atomic mass is 35.5. The Morgan fingerprint density at radius 1 is 1.12 bits per heavy atom. The standard InChI is InChI=1S/C25H21ClN4O2/c1-15-23-19(16-7-8-16)11-12-27-25(23)30(29-15)14-22(31)28-21-10-9-18(26)13-20(21)24(32)17-5-3-2-4-6-17/h2-6,9-13,16H,7-8,14H2,1H3,(H,28,31). The Hall–Kier alpha value is -3.51. The number of anilines is 1. The van der Waals surface area contributed by atoms with Crippen LogP contribution < -0.4 is 5.32 Å². The van der Waals surface area contributed by atoms with Crippen LogP contribution in [0.25, 0.3) is 11.0 Å². The third-order valence-corrected chi connectivity index (χ3v) is 5.92. The average Bonchev–Trinajstić information content (AvgIpc) is 3.60. The lowest BCUT2D eigenvalue weighted by Gasteiger charge is -2.12. The average molecular weight is 445 g/mol. The maximum Gasteiger partial charge on any atom is 0.246 e. The van der Waals surface area contributed by atoms with Crippen molar-refractivity contribution in [1.29, 1.82) is 0 Å². The van der Waals surface area contributed by atoms with Crippen LogP contribution in [0.3, 0.4) is 0 Å². The molecule has 1 saturated carbocycles. The van der Waals surface area contributed by atoms with E-state index in [0.717, 1.165) is 11.1 Å². The van der Waals surface area contributed by atoms with Crippen molar-refractivity contribution < 1.29 is 9.59 Å². The second-order valence-corrected chi connectivity index (χ2v) is 8.49. The molecule has 5 rings (SSSR count). The van der Waals surface area contributed by atoms with Gasteiger partial charge in [0.2, 0.25) is 5.91 Å². The number of benzene rings is 2. The minimum Gasteiger partial charge on any atom is -0.324 e. The summed E-state index contributed by atoms with van der Waals surface area (Å²) < 4.78 is 1.63. The van der Waals surface area contributed by atoms with Crippen molar-refractivity contribution in [2.75, 3.05) is 5.32 Å². The highest BCUT2D eigenvalue weighted by Gasteiger charge is 2.28. The summed E-state index contributed by atoms with van der Waals surface area (Å²) in [7, 11) is 0. The summed E-state index contributed by atoms with van der Waals surface area (Å²) in [6.45, 7) is 1.94. The second-order valence-electron chi connectivity index (χ2n) is 8.05. The molecule has 0 saturated heterocycles. The fourth-order valence-electron chi connectivity index (χ4n) is 4.04. The number of hydrogen-bond acceptors (Lipinski definition) is 4. The summed E-state index contributed by atoms with van der Waals surface area (Å²) >= 11 is 6.14. The first kappa shape index (κ1) is 20.4. The molecule has 0 aliphatic heterocycles. The fraction of sp³-hybridized carbons (Fsp3) is 0.200. The molecule has 0 unspecified atom stereocenters. The molecule has 1 N–H and O–H groups in total. The zero-order valence-electron chi connectivity index (χ0n) is 17.5. The molecule has 0 radical (unpaired) electrons. The van der Waals surface area contributed by atoms with Crippen molar-refractivity contribution in [3.63, 3.8) is 0 Å². The normalized spacial score (nSPS) is 13.3. The van der Waals surface area contributed by atoms with Gasteiger partial charge in [-0.15, -0.1) is 0 Å². The molecule has 1 amide bonds. The molecule has 2 aromatic carbocycles. The second kappa shape index (κ2) is 8.20. The van der Waals surface area contributed by atoms with Crippen LogP contribution in [0.2, 0.25) is 5.02 Å². The Morgan fingerprint density at radius 3 is 2.66 bits per heavy atom. The zero-order valence-corrected chi connectivity index (χ0v) is 18.3. The SMILES string of the molecule is Cc1nn(CC(=O)Nc2ccc(Cl)cc2C(=O)c2ccccc2)c2nccc(C3CC3)c12. The third-order valence-electron chi connectivity index (χ3n) is 5.69. The highest BCUT2D eigenvalue weighted by molar-refractivity contribution is 6.31. The maximum absolute atomic E-state index is 13.0. The van der Waals surface area contributed by atoms with E-state index in [9.17, 15) is 9.59 Å². The number of rotatable bonds is 6. The van der Waals surface area contributed by atoms with Gasteiger partial charge in [-0.2, -0.15) is 5.10 Å². The van der Waals surface area contributed by atoms with Gasteiger partial charge in [-0.05, 0) is 55.5 Å². The van der Waals surface area contributed by atoms with Gasteiger partial charge in [0, 0.05) is 27.7 Å². The predicted octanol–water partition coefficient (Wildman–Crippen LogP) is 5.14. The molecule has 32 heavy (non-hydrogen) atoms.